The van der Waals surface area contributed by atoms with Crippen molar-refractivity contribution in [2.45, 2.75) is 12.4 Å². The number of carbonyl (C=O) groups excluding carboxylic acids is 4. The number of alkyl halides is 6. The third-order valence-electron chi connectivity index (χ3n) is 7.98. The van der Waals surface area contributed by atoms with Crippen LogP contribution in [0.2, 0.25) is 0 Å². The lowest BCUT2D eigenvalue weighted by molar-refractivity contribution is -0.136. The predicted molar refractivity (Wildman–Crippen MR) is 137 cm³/mol. The number of imide groups is 2. The molecule has 4 N–H and O–H groups in total. The Morgan fingerprint density at radius 3 is 1.21 bits per heavy atom. The first kappa shape index (κ1) is 26.1. The van der Waals surface area contributed by atoms with Gasteiger partial charge in [-0.2, -0.15) is 26.3 Å². The molecule has 0 radical (unpaired) electrons. The number of hydrogen-bond acceptors (Lipinski definition) is 6. The molecule has 2 heterocycles. The number of benzene rings is 5. The normalized spacial score (nSPS) is 15.9. The second kappa shape index (κ2) is 7.92. The summed E-state index contributed by atoms with van der Waals surface area (Å²) < 4.78 is 88.3. The fraction of sp³-hybridized carbons (Fsp3) is 0.143. The molecule has 2 aliphatic heterocycles. The van der Waals surface area contributed by atoms with E-state index in [0.717, 1.165) is 12.1 Å². The lowest BCUT2D eigenvalue weighted by Crippen LogP contribution is -2.44. The molecule has 8 nitrogen and oxygen atoms in total. The van der Waals surface area contributed by atoms with E-state index in [0.29, 0.717) is 21.9 Å². The Morgan fingerprint density at radius 2 is 0.857 bits per heavy atom. The minimum atomic E-state index is -5.18. The first-order chi connectivity index (χ1) is 19.7. The fourth-order valence-corrected chi connectivity index (χ4v) is 6.35. The van der Waals surface area contributed by atoms with Crippen LogP contribution in [-0.2, 0) is 12.4 Å². The van der Waals surface area contributed by atoms with Crippen LogP contribution < -0.4 is 11.5 Å². The Labute approximate surface area is 229 Å². The van der Waals surface area contributed by atoms with Crippen LogP contribution in [0.5, 0.6) is 0 Å². The molecule has 4 amide bonds. The third kappa shape index (κ3) is 2.99. The molecule has 0 saturated heterocycles. The van der Waals surface area contributed by atoms with Gasteiger partial charge in [-0.15, -0.1) is 0 Å². The van der Waals surface area contributed by atoms with E-state index in [1.807, 2.05) is 0 Å². The Kier molecular flexibility index (Phi) is 4.92. The zero-order chi connectivity index (χ0) is 30.2. The van der Waals surface area contributed by atoms with Gasteiger partial charge in [0.05, 0.1) is 24.5 Å². The number of nitrogens with two attached hydrogens (primary N) is 2. The molecule has 2 aliphatic rings. The molecule has 0 bridgehead atoms. The van der Waals surface area contributed by atoms with Gasteiger partial charge in [-0.05, 0) is 40.4 Å². The van der Waals surface area contributed by atoms with Crippen LogP contribution in [0.1, 0.15) is 52.6 Å². The van der Waals surface area contributed by atoms with Gasteiger partial charge in [-0.1, -0.05) is 12.1 Å². The summed E-state index contributed by atoms with van der Waals surface area (Å²) in [5, 5.41) is -3.10. The van der Waals surface area contributed by atoms with Crippen LogP contribution in [-0.4, -0.2) is 46.8 Å². The highest BCUT2D eigenvalue weighted by Crippen LogP contribution is 2.52. The summed E-state index contributed by atoms with van der Waals surface area (Å²) in [7, 11) is 0. The molecular weight excluding hydrogens is 570 g/mol. The largest absolute Gasteiger partial charge is 0.417 e. The molecule has 0 saturated carbocycles. The summed E-state index contributed by atoms with van der Waals surface area (Å²) >= 11 is 0. The van der Waals surface area contributed by atoms with E-state index < -0.39 is 87.7 Å². The molecule has 5 aromatic carbocycles. The highest BCUT2D eigenvalue weighted by Gasteiger charge is 2.44. The molecule has 0 unspecified atom stereocenters. The van der Waals surface area contributed by atoms with Crippen molar-refractivity contribution in [1.29, 1.82) is 0 Å². The van der Waals surface area contributed by atoms with E-state index in [1.54, 1.807) is 0 Å². The Hall–Kier alpha value is -4.82. The van der Waals surface area contributed by atoms with Crippen LogP contribution in [0.15, 0.2) is 36.4 Å². The van der Waals surface area contributed by atoms with Crippen molar-refractivity contribution in [2.24, 2.45) is 11.5 Å². The highest BCUT2D eigenvalue weighted by atomic mass is 19.4. The molecule has 212 valence electrons. The number of hydrogen-bond donors (Lipinski definition) is 2. The van der Waals surface area contributed by atoms with Gasteiger partial charge in [0.2, 0.25) is 0 Å². The van der Waals surface area contributed by atoms with E-state index in [-0.39, 0.29) is 38.1 Å². The standard InChI is InChI=1S/C28H14F6N4O4/c29-27(30,31)15-5-13-19-14(26(42)38(8-36)25(13)41)6-16(28(32,33)34)21-10-2-4-12-18-11(23(39)37(7-35)24(12)40)3-1-9(17(10)18)20(15)22(19)21/h1-6H,7-8,35-36H2. The minimum Gasteiger partial charge on any atom is -0.313 e. The maximum absolute atomic E-state index is 14.7. The first-order valence-corrected chi connectivity index (χ1v) is 12.3. The molecule has 0 spiro atoms. The van der Waals surface area contributed by atoms with Crippen molar-refractivity contribution >= 4 is 66.7 Å². The maximum Gasteiger partial charge on any atom is 0.417 e. The number of halogens is 6. The lowest BCUT2D eigenvalue weighted by Gasteiger charge is -2.31. The van der Waals surface area contributed by atoms with E-state index in [2.05, 4.69) is 0 Å². The van der Waals surface area contributed by atoms with Crippen LogP contribution in [0.4, 0.5) is 26.3 Å². The van der Waals surface area contributed by atoms with Crippen molar-refractivity contribution < 1.29 is 45.5 Å². The van der Waals surface area contributed by atoms with Crippen molar-refractivity contribution in [3.8, 4) is 0 Å². The zero-order valence-electron chi connectivity index (χ0n) is 20.8. The smallest absolute Gasteiger partial charge is 0.313 e. The van der Waals surface area contributed by atoms with E-state index in [4.69, 9.17) is 11.5 Å². The third-order valence-corrected chi connectivity index (χ3v) is 7.98. The van der Waals surface area contributed by atoms with E-state index >= 15 is 0 Å². The van der Waals surface area contributed by atoms with Gasteiger partial charge in [0.1, 0.15) is 0 Å². The summed E-state index contributed by atoms with van der Waals surface area (Å²) in [4.78, 5) is 53.7. The number of carbonyl (C=O) groups is 4. The van der Waals surface area contributed by atoms with Crippen LogP contribution in [0.25, 0.3) is 43.1 Å². The van der Waals surface area contributed by atoms with Gasteiger partial charge in [-0.25, -0.2) is 0 Å². The van der Waals surface area contributed by atoms with Gasteiger partial charge in [-0.3, -0.25) is 29.0 Å². The quantitative estimate of drug-likeness (QED) is 0.133. The second-order valence-electron chi connectivity index (χ2n) is 9.95. The van der Waals surface area contributed by atoms with Crippen molar-refractivity contribution in [2.75, 3.05) is 13.3 Å². The molecule has 0 aromatic heterocycles. The van der Waals surface area contributed by atoms with Crippen molar-refractivity contribution in [3.63, 3.8) is 0 Å². The molecule has 14 heteroatoms. The summed E-state index contributed by atoms with van der Waals surface area (Å²) in [5.74, 6) is -4.10. The summed E-state index contributed by atoms with van der Waals surface area (Å²) in [6, 6.07) is 5.67. The van der Waals surface area contributed by atoms with Crippen LogP contribution in [0.3, 0.4) is 0 Å². The average Bonchev–Trinajstić information content (AvgIpc) is 2.92. The topological polar surface area (TPSA) is 127 Å². The fourth-order valence-electron chi connectivity index (χ4n) is 6.35. The van der Waals surface area contributed by atoms with Gasteiger partial charge in [0.15, 0.2) is 0 Å². The molecular formula is C28H14F6N4O4. The Bertz CT molecular complexity index is 2000. The first-order valence-electron chi connectivity index (χ1n) is 12.3. The average molecular weight is 584 g/mol. The number of rotatable bonds is 2. The highest BCUT2D eigenvalue weighted by molar-refractivity contribution is 6.42. The monoisotopic (exact) mass is 584 g/mol. The molecule has 0 atom stereocenters. The SMILES string of the molecule is NCN1C(=O)c2ccc3c4c(C(F)(F)F)cc5c6c(cc(C(F)(F)F)c(c7ccc(c2c37)C1=O)c64)C(=O)N(CN)C5=O. The number of fused-ring (bicyclic) bond motifs is 2. The van der Waals surface area contributed by atoms with Crippen molar-refractivity contribution in [1.82, 2.24) is 9.80 Å². The van der Waals surface area contributed by atoms with E-state index in [1.165, 1.54) is 12.1 Å². The predicted octanol–water partition coefficient (Wildman–Crippen LogP) is 4.80. The van der Waals surface area contributed by atoms with Gasteiger partial charge < -0.3 is 11.5 Å². The van der Waals surface area contributed by atoms with Crippen LogP contribution >= 0.6 is 0 Å². The van der Waals surface area contributed by atoms with Gasteiger partial charge >= 0.3 is 12.4 Å². The molecule has 7 rings (SSSR count). The number of nitrogens with zero attached hydrogens (tertiary/aromatic N) is 2. The maximum atomic E-state index is 14.7. The summed E-state index contributed by atoms with van der Waals surface area (Å²) in [5.41, 5.74) is 6.68. The molecule has 0 fully saturated rings. The van der Waals surface area contributed by atoms with Crippen molar-refractivity contribution in [3.05, 3.63) is 69.8 Å². The van der Waals surface area contributed by atoms with E-state index in [9.17, 15) is 45.5 Å². The van der Waals surface area contributed by atoms with Crippen LogP contribution in [0, 0.1) is 0 Å². The summed E-state index contributed by atoms with van der Waals surface area (Å²) in [6.45, 7) is -1.28. The molecule has 0 aliphatic carbocycles. The molecule has 5 aromatic rings. The van der Waals surface area contributed by atoms with Gasteiger partial charge in [0.25, 0.3) is 23.6 Å². The summed E-state index contributed by atoms with van der Waals surface area (Å²) in [6.07, 6.45) is -10.4. The Balaban J connectivity index is 1.85. The Morgan fingerprint density at radius 1 is 0.500 bits per heavy atom. The molecule has 42 heavy (non-hydrogen) atoms. The number of amides is 4. The second-order valence-corrected chi connectivity index (χ2v) is 9.95. The zero-order valence-corrected chi connectivity index (χ0v) is 20.8. The lowest BCUT2D eigenvalue weighted by atomic mass is 9.79. The minimum absolute atomic E-state index is 0.119. The van der Waals surface area contributed by atoms with Gasteiger partial charge in [0, 0.05) is 49.2 Å².